The van der Waals surface area contributed by atoms with Crippen LogP contribution < -0.4 is 10.1 Å². The summed E-state index contributed by atoms with van der Waals surface area (Å²) in [5, 5.41) is 2.95. The number of carbonyl (C=O) groups is 2. The molecule has 0 fully saturated rings. The summed E-state index contributed by atoms with van der Waals surface area (Å²) in [6, 6.07) is 15.3. The second-order valence-electron chi connectivity index (χ2n) is 7.61. The molecule has 0 heterocycles. The van der Waals surface area contributed by atoms with E-state index in [4.69, 9.17) is 4.74 Å². The van der Waals surface area contributed by atoms with Gasteiger partial charge < -0.3 is 15.0 Å². The summed E-state index contributed by atoms with van der Waals surface area (Å²) in [7, 11) is 1.62. The maximum Gasteiger partial charge on any atom is 0.242 e. The number of carbonyl (C=O) groups excluding carboxylic acids is 2. The standard InChI is InChI=1S/C25H34N2O3S/c1-5-6-14-26-25(29)20(3)27(16-21-11-9-13-23(15-21)30-4)24(28)18-31-17-22-12-8-7-10-19(22)2/h7-13,15,20H,5-6,14,16-18H2,1-4H3,(H,26,29). The Labute approximate surface area is 190 Å². The Morgan fingerprint density at radius 1 is 1.16 bits per heavy atom. The van der Waals surface area contributed by atoms with Crippen molar-refractivity contribution >= 4 is 23.6 Å². The Morgan fingerprint density at radius 3 is 2.65 bits per heavy atom. The van der Waals surface area contributed by atoms with Crippen molar-refractivity contribution in [1.29, 1.82) is 0 Å². The second kappa shape index (κ2) is 13.1. The van der Waals surface area contributed by atoms with Crippen LogP contribution in [0.2, 0.25) is 0 Å². The van der Waals surface area contributed by atoms with Crippen LogP contribution in [-0.4, -0.2) is 42.2 Å². The smallest absolute Gasteiger partial charge is 0.242 e. The van der Waals surface area contributed by atoms with Gasteiger partial charge in [0.1, 0.15) is 11.8 Å². The van der Waals surface area contributed by atoms with Gasteiger partial charge in [0.25, 0.3) is 0 Å². The first kappa shape index (κ1) is 24.8. The van der Waals surface area contributed by atoms with E-state index in [1.54, 1.807) is 30.7 Å². The van der Waals surface area contributed by atoms with Gasteiger partial charge in [-0.05, 0) is 49.1 Å². The molecule has 0 aliphatic heterocycles. The highest BCUT2D eigenvalue weighted by atomic mass is 32.2. The van der Waals surface area contributed by atoms with Gasteiger partial charge in [-0.15, -0.1) is 11.8 Å². The second-order valence-corrected chi connectivity index (χ2v) is 8.60. The molecule has 1 atom stereocenters. The Hall–Kier alpha value is -2.47. The molecule has 2 aromatic rings. The molecule has 2 rings (SSSR count). The molecule has 5 nitrogen and oxygen atoms in total. The molecule has 0 saturated heterocycles. The number of rotatable bonds is 12. The number of hydrogen-bond acceptors (Lipinski definition) is 4. The summed E-state index contributed by atoms with van der Waals surface area (Å²) in [6.07, 6.45) is 1.94. The predicted octanol–water partition coefficient (Wildman–Crippen LogP) is 4.57. The Kier molecular flexibility index (Phi) is 10.4. The molecule has 0 aliphatic rings. The molecular weight excluding hydrogens is 408 g/mol. The van der Waals surface area contributed by atoms with Crippen LogP contribution >= 0.6 is 11.8 Å². The third-order valence-electron chi connectivity index (χ3n) is 5.23. The minimum Gasteiger partial charge on any atom is -0.497 e. The minimum absolute atomic E-state index is 0.0421. The molecule has 0 saturated carbocycles. The molecule has 0 bridgehead atoms. The largest absolute Gasteiger partial charge is 0.497 e. The lowest BCUT2D eigenvalue weighted by Crippen LogP contribution is -2.48. The summed E-state index contributed by atoms with van der Waals surface area (Å²) < 4.78 is 5.31. The number of thioether (sulfide) groups is 1. The quantitative estimate of drug-likeness (QED) is 0.489. The van der Waals surface area contributed by atoms with Crippen LogP contribution in [0.3, 0.4) is 0 Å². The number of unbranched alkanes of at least 4 members (excludes halogenated alkanes) is 1. The van der Waals surface area contributed by atoms with E-state index < -0.39 is 6.04 Å². The van der Waals surface area contributed by atoms with Crippen molar-refractivity contribution < 1.29 is 14.3 Å². The summed E-state index contributed by atoms with van der Waals surface area (Å²) in [5.41, 5.74) is 3.38. The third kappa shape index (κ3) is 7.94. The first-order valence-electron chi connectivity index (χ1n) is 10.8. The SMILES string of the molecule is CCCCNC(=O)C(C)N(Cc1cccc(OC)c1)C(=O)CSCc1ccccc1C. The molecule has 1 N–H and O–H groups in total. The molecule has 0 aliphatic carbocycles. The fraction of sp³-hybridized carbons (Fsp3) is 0.440. The van der Waals surface area contributed by atoms with Crippen molar-refractivity contribution in [3.05, 3.63) is 65.2 Å². The highest BCUT2D eigenvalue weighted by Gasteiger charge is 2.26. The van der Waals surface area contributed by atoms with E-state index in [0.29, 0.717) is 18.8 Å². The molecule has 2 aromatic carbocycles. The van der Waals surface area contributed by atoms with E-state index in [2.05, 4.69) is 31.3 Å². The average molecular weight is 443 g/mol. The molecular formula is C25H34N2O3S. The topological polar surface area (TPSA) is 58.6 Å². The average Bonchev–Trinajstić information content (AvgIpc) is 2.78. The number of nitrogens with one attached hydrogen (secondary N) is 1. The van der Waals surface area contributed by atoms with Crippen LogP contribution in [0.25, 0.3) is 0 Å². The van der Waals surface area contributed by atoms with Crippen molar-refractivity contribution in [1.82, 2.24) is 10.2 Å². The number of methoxy groups -OCH3 is 1. The van der Waals surface area contributed by atoms with Crippen molar-refractivity contribution in [2.75, 3.05) is 19.4 Å². The Bertz CT molecular complexity index is 856. The van der Waals surface area contributed by atoms with Gasteiger partial charge in [0.05, 0.1) is 12.9 Å². The summed E-state index contributed by atoms with van der Waals surface area (Å²) in [4.78, 5) is 27.5. The van der Waals surface area contributed by atoms with E-state index >= 15 is 0 Å². The predicted molar refractivity (Wildman–Crippen MR) is 128 cm³/mol. The van der Waals surface area contributed by atoms with E-state index in [1.807, 2.05) is 36.4 Å². The molecule has 2 amide bonds. The molecule has 0 aromatic heterocycles. The lowest BCUT2D eigenvalue weighted by atomic mass is 10.1. The minimum atomic E-state index is -0.547. The lowest BCUT2D eigenvalue weighted by molar-refractivity contribution is -0.138. The van der Waals surface area contributed by atoms with Crippen LogP contribution in [0.4, 0.5) is 0 Å². The maximum absolute atomic E-state index is 13.1. The molecule has 0 radical (unpaired) electrons. The van der Waals surface area contributed by atoms with Gasteiger partial charge >= 0.3 is 0 Å². The first-order valence-corrected chi connectivity index (χ1v) is 11.9. The van der Waals surface area contributed by atoms with E-state index in [1.165, 1.54) is 11.1 Å². The van der Waals surface area contributed by atoms with E-state index in [9.17, 15) is 9.59 Å². The van der Waals surface area contributed by atoms with Gasteiger partial charge in [-0.1, -0.05) is 49.7 Å². The number of hydrogen-bond donors (Lipinski definition) is 1. The van der Waals surface area contributed by atoms with Gasteiger partial charge in [0.15, 0.2) is 0 Å². The first-order chi connectivity index (χ1) is 15.0. The molecule has 6 heteroatoms. The van der Waals surface area contributed by atoms with Crippen LogP contribution in [0.5, 0.6) is 5.75 Å². The zero-order valence-electron chi connectivity index (χ0n) is 19.0. The number of benzene rings is 2. The fourth-order valence-electron chi connectivity index (χ4n) is 3.19. The zero-order valence-corrected chi connectivity index (χ0v) is 19.8. The number of ether oxygens (including phenoxy) is 1. The summed E-state index contributed by atoms with van der Waals surface area (Å²) >= 11 is 1.58. The highest BCUT2D eigenvalue weighted by Crippen LogP contribution is 2.19. The van der Waals surface area contributed by atoms with Gasteiger partial charge in [0.2, 0.25) is 11.8 Å². The van der Waals surface area contributed by atoms with Crippen LogP contribution in [0.15, 0.2) is 48.5 Å². The van der Waals surface area contributed by atoms with Gasteiger partial charge in [-0.25, -0.2) is 0 Å². The zero-order chi connectivity index (χ0) is 22.6. The van der Waals surface area contributed by atoms with Crippen molar-refractivity contribution in [3.63, 3.8) is 0 Å². The van der Waals surface area contributed by atoms with Crippen molar-refractivity contribution in [2.45, 2.75) is 52.0 Å². The maximum atomic E-state index is 13.1. The molecule has 0 spiro atoms. The fourth-order valence-corrected chi connectivity index (χ4v) is 4.18. The summed E-state index contributed by atoms with van der Waals surface area (Å²) in [6.45, 7) is 6.95. The van der Waals surface area contributed by atoms with Gasteiger partial charge in [-0.2, -0.15) is 0 Å². The van der Waals surface area contributed by atoms with Crippen LogP contribution in [0.1, 0.15) is 43.4 Å². The Morgan fingerprint density at radius 2 is 1.94 bits per heavy atom. The molecule has 1 unspecified atom stereocenters. The van der Waals surface area contributed by atoms with Crippen LogP contribution in [0, 0.1) is 6.92 Å². The molecule has 168 valence electrons. The van der Waals surface area contributed by atoms with Crippen molar-refractivity contribution in [3.8, 4) is 5.75 Å². The Balaban J connectivity index is 2.08. The third-order valence-corrected chi connectivity index (χ3v) is 6.19. The normalized spacial score (nSPS) is 11.6. The number of aryl methyl sites for hydroxylation is 1. The van der Waals surface area contributed by atoms with Crippen molar-refractivity contribution in [2.24, 2.45) is 0 Å². The number of amides is 2. The van der Waals surface area contributed by atoms with E-state index in [-0.39, 0.29) is 11.8 Å². The molecule has 31 heavy (non-hydrogen) atoms. The van der Waals surface area contributed by atoms with Crippen LogP contribution in [-0.2, 0) is 21.9 Å². The summed E-state index contributed by atoms with van der Waals surface area (Å²) in [5.74, 6) is 1.67. The number of nitrogens with zero attached hydrogens (tertiary/aromatic N) is 1. The lowest BCUT2D eigenvalue weighted by Gasteiger charge is -2.29. The van der Waals surface area contributed by atoms with E-state index in [0.717, 1.165) is 29.9 Å². The van der Waals surface area contributed by atoms with Gasteiger partial charge in [-0.3, -0.25) is 9.59 Å². The monoisotopic (exact) mass is 442 g/mol. The van der Waals surface area contributed by atoms with Gasteiger partial charge in [0, 0.05) is 18.8 Å². The highest BCUT2D eigenvalue weighted by molar-refractivity contribution is 7.99.